The minimum absolute atomic E-state index is 0.0637. The van der Waals surface area contributed by atoms with Crippen molar-refractivity contribution in [3.63, 3.8) is 0 Å². The Labute approximate surface area is 89.1 Å². The van der Waals surface area contributed by atoms with Crippen molar-refractivity contribution in [1.29, 1.82) is 0 Å². The van der Waals surface area contributed by atoms with Gasteiger partial charge in [-0.3, -0.25) is 4.79 Å². The van der Waals surface area contributed by atoms with Gasteiger partial charge in [0.15, 0.2) is 0 Å². The van der Waals surface area contributed by atoms with E-state index in [9.17, 15) is 9.90 Å². The van der Waals surface area contributed by atoms with Crippen molar-refractivity contribution in [3.8, 4) is 0 Å². The van der Waals surface area contributed by atoms with E-state index in [0.717, 1.165) is 24.9 Å². The molecule has 15 heavy (non-hydrogen) atoms. The highest BCUT2D eigenvalue weighted by Gasteiger charge is 2.31. The Morgan fingerprint density at radius 1 is 1.27 bits per heavy atom. The van der Waals surface area contributed by atoms with Gasteiger partial charge in [-0.2, -0.15) is 0 Å². The van der Waals surface area contributed by atoms with E-state index in [1.165, 1.54) is 0 Å². The summed E-state index contributed by atoms with van der Waals surface area (Å²) >= 11 is 0. The molecule has 0 saturated heterocycles. The van der Waals surface area contributed by atoms with E-state index in [1.54, 1.807) is 0 Å². The van der Waals surface area contributed by atoms with E-state index in [2.05, 4.69) is 5.32 Å². The summed E-state index contributed by atoms with van der Waals surface area (Å²) < 4.78 is 0. The average Bonchev–Trinajstić information content (AvgIpc) is 2.66. The lowest BCUT2D eigenvalue weighted by Crippen LogP contribution is -2.28. The maximum absolute atomic E-state index is 11.8. The zero-order valence-electron chi connectivity index (χ0n) is 8.52. The Kier molecular flexibility index (Phi) is 3.02. The number of hydrogen-bond acceptors (Lipinski definition) is 2. The Balaban J connectivity index is 1.98. The molecule has 2 atom stereocenters. The third-order valence-electron chi connectivity index (χ3n) is 2.86. The van der Waals surface area contributed by atoms with E-state index < -0.39 is 6.10 Å². The molecule has 0 aliphatic heterocycles. The predicted molar refractivity (Wildman–Crippen MR) is 58.4 cm³/mol. The summed E-state index contributed by atoms with van der Waals surface area (Å²) in [6, 6.07) is 9.35. The first-order valence-electron chi connectivity index (χ1n) is 5.31. The molecule has 1 aliphatic carbocycles. The van der Waals surface area contributed by atoms with Gasteiger partial charge in [-0.15, -0.1) is 0 Å². The standard InChI is InChI=1S/C12H15NO2/c14-11-8-4-7-10(11)12(15)13-9-5-2-1-3-6-9/h1-3,5-6,10-11,14H,4,7-8H2,(H,13,15). The van der Waals surface area contributed by atoms with E-state index >= 15 is 0 Å². The highest BCUT2D eigenvalue weighted by Crippen LogP contribution is 2.26. The topological polar surface area (TPSA) is 49.3 Å². The summed E-state index contributed by atoms with van der Waals surface area (Å²) in [4.78, 5) is 11.8. The molecule has 1 aromatic carbocycles. The number of amides is 1. The van der Waals surface area contributed by atoms with Crippen LogP contribution in [-0.2, 0) is 4.79 Å². The fourth-order valence-electron chi connectivity index (χ4n) is 2.00. The first-order valence-corrected chi connectivity index (χ1v) is 5.31. The molecule has 0 bridgehead atoms. The third-order valence-corrected chi connectivity index (χ3v) is 2.86. The first-order chi connectivity index (χ1) is 7.27. The summed E-state index contributed by atoms with van der Waals surface area (Å²) in [6.45, 7) is 0. The summed E-state index contributed by atoms with van der Waals surface area (Å²) in [6.07, 6.45) is 2.01. The number of anilines is 1. The van der Waals surface area contributed by atoms with Gasteiger partial charge in [0, 0.05) is 5.69 Å². The summed E-state index contributed by atoms with van der Waals surface area (Å²) in [5, 5.41) is 12.4. The van der Waals surface area contributed by atoms with Gasteiger partial charge in [0.2, 0.25) is 5.91 Å². The lowest BCUT2D eigenvalue weighted by molar-refractivity contribution is -0.122. The van der Waals surface area contributed by atoms with Crippen molar-refractivity contribution in [3.05, 3.63) is 30.3 Å². The molecule has 0 aromatic heterocycles. The second kappa shape index (κ2) is 4.45. The Bertz CT molecular complexity index is 337. The van der Waals surface area contributed by atoms with Gasteiger partial charge >= 0.3 is 0 Å². The molecule has 3 nitrogen and oxygen atoms in total. The van der Waals surface area contributed by atoms with E-state index in [1.807, 2.05) is 30.3 Å². The van der Waals surface area contributed by atoms with Gasteiger partial charge in [0.25, 0.3) is 0 Å². The monoisotopic (exact) mass is 205 g/mol. The van der Waals surface area contributed by atoms with Crippen LogP contribution in [0.4, 0.5) is 5.69 Å². The number of carbonyl (C=O) groups is 1. The fourth-order valence-corrected chi connectivity index (χ4v) is 2.00. The minimum Gasteiger partial charge on any atom is -0.392 e. The largest absolute Gasteiger partial charge is 0.392 e. The minimum atomic E-state index is -0.464. The molecule has 0 heterocycles. The highest BCUT2D eigenvalue weighted by atomic mass is 16.3. The van der Waals surface area contributed by atoms with Gasteiger partial charge in [-0.05, 0) is 31.4 Å². The van der Waals surface area contributed by atoms with Gasteiger partial charge in [-0.1, -0.05) is 18.2 Å². The highest BCUT2D eigenvalue weighted by molar-refractivity contribution is 5.93. The molecule has 1 aliphatic rings. The molecule has 0 radical (unpaired) electrons. The second-order valence-electron chi connectivity index (χ2n) is 3.96. The predicted octanol–water partition coefficient (Wildman–Crippen LogP) is 1.79. The van der Waals surface area contributed by atoms with Crippen molar-refractivity contribution in [2.75, 3.05) is 5.32 Å². The van der Waals surface area contributed by atoms with Crippen LogP contribution in [0.2, 0.25) is 0 Å². The number of carbonyl (C=O) groups excluding carboxylic acids is 1. The lowest BCUT2D eigenvalue weighted by Gasteiger charge is -2.14. The van der Waals surface area contributed by atoms with Crippen LogP contribution in [0.3, 0.4) is 0 Å². The molecule has 1 saturated carbocycles. The van der Waals surface area contributed by atoms with E-state index in [0.29, 0.717) is 0 Å². The molecule has 80 valence electrons. The van der Waals surface area contributed by atoms with Crippen LogP contribution in [0.15, 0.2) is 30.3 Å². The van der Waals surface area contributed by atoms with Crippen LogP contribution < -0.4 is 5.32 Å². The fraction of sp³-hybridized carbons (Fsp3) is 0.417. The molecule has 1 amide bonds. The SMILES string of the molecule is O=C(Nc1ccccc1)C1CCCC1O. The number of benzene rings is 1. The number of aliphatic hydroxyl groups excluding tert-OH is 1. The second-order valence-corrected chi connectivity index (χ2v) is 3.96. The molecule has 2 N–H and O–H groups in total. The Morgan fingerprint density at radius 3 is 2.60 bits per heavy atom. The van der Waals surface area contributed by atoms with Crippen molar-refractivity contribution in [2.45, 2.75) is 25.4 Å². The third kappa shape index (κ3) is 2.36. The van der Waals surface area contributed by atoms with Gasteiger partial charge in [0.05, 0.1) is 12.0 Å². The number of aliphatic hydroxyl groups is 1. The first kappa shape index (κ1) is 10.2. The van der Waals surface area contributed by atoms with Crippen LogP contribution in [0.25, 0.3) is 0 Å². The van der Waals surface area contributed by atoms with E-state index in [-0.39, 0.29) is 11.8 Å². The summed E-state index contributed by atoms with van der Waals surface area (Å²) in [5.74, 6) is -0.295. The zero-order chi connectivity index (χ0) is 10.7. The van der Waals surface area contributed by atoms with Gasteiger partial charge in [0.1, 0.15) is 0 Å². The van der Waals surface area contributed by atoms with Gasteiger partial charge in [-0.25, -0.2) is 0 Å². The maximum Gasteiger partial charge on any atom is 0.230 e. The number of para-hydroxylation sites is 1. The summed E-state index contributed by atoms with van der Waals surface area (Å²) in [7, 11) is 0. The van der Waals surface area contributed by atoms with Crippen molar-refractivity contribution in [1.82, 2.24) is 0 Å². The van der Waals surface area contributed by atoms with Crippen LogP contribution in [-0.4, -0.2) is 17.1 Å². The molecular weight excluding hydrogens is 190 g/mol. The van der Waals surface area contributed by atoms with Crippen molar-refractivity contribution < 1.29 is 9.90 Å². The Hall–Kier alpha value is -1.35. The smallest absolute Gasteiger partial charge is 0.230 e. The number of hydrogen-bond donors (Lipinski definition) is 2. The zero-order valence-corrected chi connectivity index (χ0v) is 8.52. The van der Waals surface area contributed by atoms with Crippen LogP contribution in [0, 0.1) is 5.92 Å². The lowest BCUT2D eigenvalue weighted by atomic mass is 10.1. The van der Waals surface area contributed by atoms with Crippen molar-refractivity contribution >= 4 is 11.6 Å². The summed E-state index contributed by atoms with van der Waals surface area (Å²) in [5.41, 5.74) is 0.793. The van der Waals surface area contributed by atoms with Crippen LogP contribution >= 0.6 is 0 Å². The molecule has 0 spiro atoms. The molecule has 1 aromatic rings. The van der Waals surface area contributed by atoms with Gasteiger partial charge < -0.3 is 10.4 Å². The molecule has 1 fully saturated rings. The van der Waals surface area contributed by atoms with Crippen molar-refractivity contribution in [2.24, 2.45) is 5.92 Å². The molecule has 2 rings (SSSR count). The van der Waals surface area contributed by atoms with E-state index in [4.69, 9.17) is 0 Å². The normalized spacial score (nSPS) is 25.1. The Morgan fingerprint density at radius 2 is 2.00 bits per heavy atom. The number of nitrogens with one attached hydrogen (secondary N) is 1. The maximum atomic E-state index is 11.8. The molecule has 2 unspecified atom stereocenters. The van der Waals surface area contributed by atoms with Crippen LogP contribution in [0.1, 0.15) is 19.3 Å². The average molecular weight is 205 g/mol. The molecule has 3 heteroatoms. The number of rotatable bonds is 2. The van der Waals surface area contributed by atoms with Crippen LogP contribution in [0.5, 0.6) is 0 Å². The molecular formula is C12H15NO2. The quantitative estimate of drug-likeness (QED) is 0.773.